The number of halogens is 1. The molecule has 0 saturated heterocycles. The van der Waals surface area contributed by atoms with Crippen LogP contribution in [-0.4, -0.2) is 22.5 Å². The maximum Gasteiger partial charge on any atom is 0.133 e. The van der Waals surface area contributed by atoms with E-state index < -0.39 is 0 Å². The zero-order chi connectivity index (χ0) is 10.6. The quantitative estimate of drug-likeness (QED) is 0.714. The summed E-state index contributed by atoms with van der Waals surface area (Å²) in [6.07, 6.45) is 1.72. The van der Waals surface area contributed by atoms with Crippen LogP contribution in [0.1, 0.15) is 26.3 Å². The van der Waals surface area contributed by atoms with E-state index in [2.05, 4.69) is 30.7 Å². The molecule has 1 rings (SSSR count). The minimum absolute atomic E-state index is 0.538. The summed E-state index contributed by atoms with van der Waals surface area (Å²) in [6.45, 7) is 8.44. The highest BCUT2D eigenvalue weighted by Gasteiger charge is 2.09. The number of hydrogen-bond acceptors (Lipinski definition) is 2. The molecule has 1 aromatic rings. The molecule has 0 aromatic carbocycles. The Bertz CT molecular complexity index is 286. The van der Waals surface area contributed by atoms with Crippen LogP contribution in [0.3, 0.4) is 0 Å². The van der Waals surface area contributed by atoms with Crippen molar-refractivity contribution in [3.8, 4) is 0 Å². The van der Waals surface area contributed by atoms with Gasteiger partial charge in [-0.1, -0.05) is 24.6 Å². The fourth-order valence-corrected chi connectivity index (χ4v) is 1.59. The number of hydrogen-bond donors (Lipinski definition) is 0. The van der Waals surface area contributed by atoms with Gasteiger partial charge < -0.3 is 0 Å². The van der Waals surface area contributed by atoms with E-state index in [1.54, 1.807) is 6.20 Å². The second kappa shape index (κ2) is 5.32. The van der Waals surface area contributed by atoms with Gasteiger partial charge >= 0.3 is 0 Å². The summed E-state index contributed by atoms with van der Waals surface area (Å²) in [4.78, 5) is 6.41. The Balaban J connectivity index is 2.72. The van der Waals surface area contributed by atoms with E-state index in [1.807, 2.05) is 12.1 Å². The molecule has 0 spiro atoms. The van der Waals surface area contributed by atoms with Crippen LogP contribution in [0, 0.1) is 0 Å². The Morgan fingerprint density at radius 1 is 1.50 bits per heavy atom. The minimum atomic E-state index is 0.538. The van der Waals surface area contributed by atoms with Gasteiger partial charge in [-0.25, -0.2) is 4.98 Å². The van der Waals surface area contributed by atoms with Crippen molar-refractivity contribution in [2.45, 2.75) is 33.4 Å². The van der Waals surface area contributed by atoms with Crippen LogP contribution in [0.25, 0.3) is 0 Å². The first-order valence-corrected chi connectivity index (χ1v) is 5.36. The molecule has 0 bridgehead atoms. The first-order valence-electron chi connectivity index (χ1n) is 4.98. The predicted octanol–water partition coefficient (Wildman–Crippen LogP) is 2.97. The third-order valence-electron chi connectivity index (χ3n) is 2.35. The van der Waals surface area contributed by atoms with Crippen LogP contribution in [0.5, 0.6) is 0 Å². The first-order chi connectivity index (χ1) is 6.65. The van der Waals surface area contributed by atoms with Crippen LogP contribution in [0.2, 0.25) is 5.15 Å². The average molecular weight is 213 g/mol. The van der Waals surface area contributed by atoms with Gasteiger partial charge in [0, 0.05) is 24.3 Å². The summed E-state index contributed by atoms with van der Waals surface area (Å²) in [5.74, 6) is 0. The van der Waals surface area contributed by atoms with E-state index in [9.17, 15) is 0 Å². The fourth-order valence-electron chi connectivity index (χ4n) is 1.42. The Labute approximate surface area is 90.9 Å². The third-order valence-corrected chi connectivity index (χ3v) is 2.69. The largest absolute Gasteiger partial charge is 0.297 e. The molecule has 14 heavy (non-hydrogen) atoms. The number of aromatic nitrogens is 1. The normalized spacial score (nSPS) is 11.3. The van der Waals surface area contributed by atoms with Crippen LogP contribution in [-0.2, 0) is 6.54 Å². The van der Waals surface area contributed by atoms with Gasteiger partial charge in [-0.3, -0.25) is 4.90 Å². The fraction of sp³-hybridized carbons (Fsp3) is 0.545. The summed E-state index contributed by atoms with van der Waals surface area (Å²) in [5.41, 5.74) is 1.10. The molecule has 3 heteroatoms. The number of rotatable bonds is 4. The topological polar surface area (TPSA) is 16.1 Å². The van der Waals surface area contributed by atoms with Crippen LogP contribution < -0.4 is 0 Å². The maximum atomic E-state index is 5.99. The van der Waals surface area contributed by atoms with Gasteiger partial charge in [0.25, 0.3) is 0 Å². The van der Waals surface area contributed by atoms with Gasteiger partial charge in [0.15, 0.2) is 0 Å². The van der Waals surface area contributed by atoms with Crippen molar-refractivity contribution >= 4 is 11.6 Å². The van der Waals surface area contributed by atoms with E-state index in [4.69, 9.17) is 11.6 Å². The standard InChI is InChI=1S/C11H17ClN2/c1-4-14(9(2)3)8-10-6-5-7-13-11(10)12/h5-7,9H,4,8H2,1-3H3. The second-order valence-electron chi connectivity index (χ2n) is 3.61. The van der Waals surface area contributed by atoms with E-state index in [0.29, 0.717) is 11.2 Å². The lowest BCUT2D eigenvalue weighted by molar-refractivity contribution is 0.225. The summed E-state index contributed by atoms with van der Waals surface area (Å²) in [7, 11) is 0. The van der Waals surface area contributed by atoms with Crippen LogP contribution >= 0.6 is 11.6 Å². The number of pyridine rings is 1. The Hall–Kier alpha value is -0.600. The molecule has 0 aliphatic carbocycles. The van der Waals surface area contributed by atoms with Gasteiger partial charge in [-0.05, 0) is 26.5 Å². The SMILES string of the molecule is CCN(Cc1cccnc1Cl)C(C)C. The van der Waals surface area contributed by atoms with Gasteiger partial charge in [0.05, 0.1) is 0 Å². The van der Waals surface area contributed by atoms with Crippen LogP contribution in [0.15, 0.2) is 18.3 Å². The highest BCUT2D eigenvalue weighted by molar-refractivity contribution is 6.30. The molecule has 0 saturated carbocycles. The smallest absolute Gasteiger partial charge is 0.133 e. The molecular weight excluding hydrogens is 196 g/mol. The van der Waals surface area contributed by atoms with Gasteiger partial charge in [0.2, 0.25) is 0 Å². The van der Waals surface area contributed by atoms with Gasteiger partial charge in [-0.15, -0.1) is 0 Å². The van der Waals surface area contributed by atoms with E-state index in [0.717, 1.165) is 18.7 Å². The predicted molar refractivity (Wildman–Crippen MR) is 60.5 cm³/mol. The molecule has 0 amide bonds. The highest BCUT2D eigenvalue weighted by atomic mass is 35.5. The van der Waals surface area contributed by atoms with E-state index in [1.165, 1.54) is 0 Å². The number of nitrogens with zero attached hydrogens (tertiary/aromatic N) is 2. The molecule has 0 N–H and O–H groups in total. The van der Waals surface area contributed by atoms with Crippen molar-refractivity contribution in [1.29, 1.82) is 0 Å². The zero-order valence-corrected chi connectivity index (χ0v) is 9.75. The monoisotopic (exact) mass is 212 g/mol. The molecule has 0 radical (unpaired) electrons. The van der Waals surface area contributed by atoms with E-state index >= 15 is 0 Å². The first kappa shape index (κ1) is 11.5. The molecule has 0 atom stereocenters. The van der Waals surface area contributed by atoms with Crippen molar-refractivity contribution in [1.82, 2.24) is 9.88 Å². The minimum Gasteiger partial charge on any atom is -0.297 e. The van der Waals surface area contributed by atoms with Gasteiger partial charge in [-0.2, -0.15) is 0 Å². The van der Waals surface area contributed by atoms with Crippen molar-refractivity contribution in [2.24, 2.45) is 0 Å². The Morgan fingerprint density at radius 3 is 2.71 bits per heavy atom. The summed E-state index contributed by atoms with van der Waals surface area (Å²) in [6, 6.07) is 4.49. The molecular formula is C11H17ClN2. The molecule has 0 fully saturated rings. The molecule has 1 heterocycles. The van der Waals surface area contributed by atoms with Crippen LogP contribution in [0.4, 0.5) is 0 Å². The van der Waals surface area contributed by atoms with Crippen molar-refractivity contribution in [2.75, 3.05) is 6.54 Å². The lowest BCUT2D eigenvalue weighted by atomic mass is 10.2. The molecule has 0 aliphatic rings. The Kier molecular flexibility index (Phi) is 4.36. The Morgan fingerprint density at radius 2 is 2.21 bits per heavy atom. The molecule has 78 valence electrons. The zero-order valence-electron chi connectivity index (χ0n) is 9.00. The molecule has 0 unspecified atom stereocenters. The lowest BCUT2D eigenvalue weighted by Crippen LogP contribution is -2.30. The van der Waals surface area contributed by atoms with Gasteiger partial charge in [0.1, 0.15) is 5.15 Å². The summed E-state index contributed by atoms with van der Waals surface area (Å²) < 4.78 is 0. The summed E-state index contributed by atoms with van der Waals surface area (Å²) in [5, 5.41) is 0.617. The van der Waals surface area contributed by atoms with E-state index in [-0.39, 0.29) is 0 Å². The highest BCUT2D eigenvalue weighted by Crippen LogP contribution is 2.15. The van der Waals surface area contributed by atoms with Crippen molar-refractivity contribution in [3.05, 3.63) is 29.0 Å². The molecule has 0 aliphatic heterocycles. The molecule has 2 nitrogen and oxygen atoms in total. The van der Waals surface area contributed by atoms with Crippen molar-refractivity contribution in [3.63, 3.8) is 0 Å². The lowest BCUT2D eigenvalue weighted by Gasteiger charge is -2.24. The molecule has 1 aromatic heterocycles. The summed E-state index contributed by atoms with van der Waals surface area (Å²) >= 11 is 5.99. The second-order valence-corrected chi connectivity index (χ2v) is 3.97. The average Bonchev–Trinajstić information content (AvgIpc) is 2.16. The van der Waals surface area contributed by atoms with Crippen molar-refractivity contribution < 1.29 is 0 Å². The maximum absolute atomic E-state index is 5.99. The third kappa shape index (κ3) is 2.96.